The average molecular weight is 472 g/mol. The van der Waals surface area contributed by atoms with Gasteiger partial charge in [-0.1, -0.05) is 54.1 Å². The van der Waals surface area contributed by atoms with Gasteiger partial charge in [0.05, 0.1) is 6.54 Å². The first-order chi connectivity index (χ1) is 16.5. The monoisotopic (exact) mass is 471 g/mol. The number of nitrogens with zero attached hydrogens (tertiary/aromatic N) is 2. The molecule has 34 heavy (non-hydrogen) atoms. The normalized spacial score (nSPS) is 11.0. The zero-order valence-electron chi connectivity index (χ0n) is 18.5. The van der Waals surface area contributed by atoms with Crippen LogP contribution in [0.4, 0.5) is 5.82 Å². The number of fused-ring (bicyclic) bond motifs is 1. The number of halogens is 1. The highest BCUT2D eigenvalue weighted by atomic mass is 35.5. The molecular weight excluding hydrogens is 450 g/mol. The van der Waals surface area contributed by atoms with Gasteiger partial charge in [-0.3, -0.25) is 9.48 Å². The van der Waals surface area contributed by atoms with Gasteiger partial charge >= 0.3 is 0 Å². The number of aryl methyl sites for hydroxylation is 1. The van der Waals surface area contributed by atoms with Gasteiger partial charge in [-0.05, 0) is 59.7 Å². The molecule has 3 aromatic carbocycles. The third-order valence-electron chi connectivity index (χ3n) is 5.46. The van der Waals surface area contributed by atoms with Crippen molar-refractivity contribution in [3.05, 3.63) is 113 Å². The molecule has 0 spiro atoms. The minimum atomic E-state index is -0.368. The van der Waals surface area contributed by atoms with Crippen molar-refractivity contribution in [3.8, 4) is 5.75 Å². The molecule has 0 radical (unpaired) electrons. The largest absolute Gasteiger partial charge is 0.486 e. The second-order valence-electron chi connectivity index (χ2n) is 7.97. The second-order valence-corrected chi connectivity index (χ2v) is 8.41. The Morgan fingerprint density at radius 1 is 1.00 bits per heavy atom. The van der Waals surface area contributed by atoms with Crippen LogP contribution in [-0.4, -0.2) is 15.7 Å². The van der Waals surface area contributed by atoms with Crippen molar-refractivity contribution in [2.24, 2.45) is 0 Å². The summed E-state index contributed by atoms with van der Waals surface area (Å²) >= 11 is 5.95. The Kier molecular flexibility index (Phi) is 6.06. The molecule has 0 atom stereocenters. The molecule has 6 nitrogen and oxygen atoms in total. The Morgan fingerprint density at radius 3 is 2.62 bits per heavy atom. The van der Waals surface area contributed by atoms with Crippen molar-refractivity contribution in [1.82, 2.24) is 9.78 Å². The van der Waals surface area contributed by atoms with E-state index < -0.39 is 0 Å². The van der Waals surface area contributed by atoms with Gasteiger partial charge in [0.25, 0.3) is 5.91 Å². The minimum Gasteiger partial charge on any atom is -0.486 e. The molecule has 0 aliphatic heterocycles. The number of amides is 1. The van der Waals surface area contributed by atoms with Gasteiger partial charge in [-0.15, -0.1) is 0 Å². The third kappa shape index (κ3) is 4.97. The topological polar surface area (TPSA) is 69.3 Å². The summed E-state index contributed by atoms with van der Waals surface area (Å²) in [6.07, 6.45) is 0. The Morgan fingerprint density at radius 2 is 1.79 bits per heavy atom. The van der Waals surface area contributed by atoms with Crippen LogP contribution < -0.4 is 10.1 Å². The number of rotatable bonds is 7. The molecule has 1 amide bonds. The van der Waals surface area contributed by atoms with E-state index in [1.807, 2.05) is 78.3 Å². The molecule has 5 rings (SSSR count). The van der Waals surface area contributed by atoms with Crippen LogP contribution in [0.5, 0.6) is 5.75 Å². The predicted octanol–water partition coefficient (Wildman–Crippen LogP) is 6.47. The SMILES string of the molecule is Cc1cc(NC(=O)c2ccc(COc3ccc4ccccc4c3)o2)nn1Cc1ccc(Cl)cc1. The van der Waals surface area contributed by atoms with Crippen LogP contribution in [0.2, 0.25) is 5.02 Å². The highest BCUT2D eigenvalue weighted by Crippen LogP contribution is 2.22. The van der Waals surface area contributed by atoms with Gasteiger partial charge in [0.2, 0.25) is 0 Å². The van der Waals surface area contributed by atoms with Crippen LogP contribution in [0.1, 0.15) is 27.6 Å². The van der Waals surface area contributed by atoms with Crippen LogP contribution in [-0.2, 0) is 13.2 Å². The first-order valence-corrected chi connectivity index (χ1v) is 11.2. The van der Waals surface area contributed by atoms with Crippen LogP contribution >= 0.6 is 11.6 Å². The van der Waals surface area contributed by atoms with Gasteiger partial charge in [0, 0.05) is 16.8 Å². The number of furan rings is 1. The molecule has 2 aromatic heterocycles. The van der Waals surface area contributed by atoms with E-state index in [9.17, 15) is 4.79 Å². The zero-order valence-corrected chi connectivity index (χ0v) is 19.3. The van der Waals surface area contributed by atoms with Gasteiger partial charge in [0.1, 0.15) is 18.1 Å². The number of hydrogen-bond donors (Lipinski definition) is 1. The lowest BCUT2D eigenvalue weighted by atomic mass is 10.1. The van der Waals surface area contributed by atoms with Crippen LogP contribution in [0.15, 0.2) is 89.3 Å². The average Bonchev–Trinajstić information content (AvgIpc) is 3.45. The summed E-state index contributed by atoms with van der Waals surface area (Å²) < 4.78 is 13.4. The zero-order chi connectivity index (χ0) is 23.5. The Balaban J connectivity index is 1.20. The van der Waals surface area contributed by atoms with Crippen molar-refractivity contribution in [1.29, 1.82) is 0 Å². The van der Waals surface area contributed by atoms with Crippen molar-refractivity contribution in [2.75, 3.05) is 5.32 Å². The third-order valence-corrected chi connectivity index (χ3v) is 5.71. The molecular formula is C27H22ClN3O3. The van der Waals surface area contributed by atoms with E-state index in [4.69, 9.17) is 20.8 Å². The molecule has 7 heteroatoms. The van der Waals surface area contributed by atoms with Crippen molar-refractivity contribution >= 4 is 34.1 Å². The maximum absolute atomic E-state index is 12.7. The molecule has 0 bridgehead atoms. The van der Waals surface area contributed by atoms with Gasteiger partial charge < -0.3 is 14.5 Å². The van der Waals surface area contributed by atoms with E-state index >= 15 is 0 Å². The van der Waals surface area contributed by atoms with Crippen molar-refractivity contribution in [2.45, 2.75) is 20.1 Å². The summed E-state index contributed by atoms with van der Waals surface area (Å²) in [6.45, 7) is 2.74. The lowest BCUT2D eigenvalue weighted by Gasteiger charge is -2.06. The van der Waals surface area contributed by atoms with Crippen LogP contribution in [0.3, 0.4) is 0 Å². The number of anilines is 1. The minimum absolute atomic E-state index is 0.196. The first-order valence-electron chi connectivity index (χ1n) is 10.8. The fourth-order valence-electron chi connectivity index (χ4n) is 3.66. The quantitative estimate of drug-likeness (QED) is 0.295. The molecule has 0 saturated carbocycles. The smallest absolute Gasteiger partial charge is 0.292 e. The Hall–Kier alpha value is -4.03. The Bertz CT molecular complexity index is 1450. The van der Waals surface area contributed by atoms with E-state index in [1.54, 1.807) is 12.1 Å². The molecule has 2 heterocycles. The lowest BCUT2D eigenvalue weighted by molar-refractivity contribution is 0.0992. The lowest BCUT2D eigenvalue weighted by Crippen LogP contribution is -2.12. The van der Waals surface area contributed by atoms with Gasteiger partial charge in [-0.2, -0.15) is 5.10 Å². The van der Waals surface area contributed by atoms with E-state index in [2.05, 4.69) is 16.5 Å². The summed E-state index contributed by atoms with van der Waals surface area (Å²) in [5.41, 5.74) is 1.99. The first kappa shape index (κ1) is 21.8. The van der Waals surface area contributed by atoms with E-state index in [0.29, 0.717) is 23.1 Å². The van der Waals surface area contributed by atoms with E-state index in [-0.39, 0.29) is 18.3 Å². The maximum atomic E-state index is 12.7. The number of carbonyl (C=O) groups excluding carboxylic acids is 1. The number of nitrogens with one attached hydrogen (secondary N) is 1. The molecule has 0 aliphatic carbocycles. The maximum Gasteiger partial charge on any atom is 0.292 e. The summed E-state index contributed by atoms with van der Waals surface area (Å²) in [5.74, 6) is 1.59. The predicted molar refractivity (Wildman–Crippen MR) is 132 cm³/mol. The molecule has 1 N–H and O–H groups in total. The van der Waals surface area contributed by atoms with E-state index in [1.165, 1.54) is 0 Å². The van der Waals surface area contributed by atoms with Gasteiger partial charge in [0.15, 0.2) is 11.6 Å². The van der Waals surface area contributed by atoms with Crippen LogP contribution in [0, 0.1) is 6.92 Å². The number of benzene rings is 3. The summed E-state index contributed by atoms with van der Waals surface area (Å²) in [4.78, 5) is 12.7. The fraction of sp³-hybridized carbons (Fsp3) is 0.111. The molecule has 170 valence electrons. The second kappa shape index (κ2) is 9.45. The molecule has 0 aliphatic rings. The van der Waals surface area contributed by atoms with Crippen LogP contribution in [0.25, 0.3) is 10.8 Å². The highest BCUT2D eigenvalue weighted by molar-refractivity contribution is 6.30. The number of carbonyl (C=O) groups is 1. The van der Waals surface area contributed by atoms with E-state index in [0.717, 1.165) is 27.8 Å². The fourth-order valence-corrected chi connectivity index (χ4v) is 3.79. The Labute approximate surface area is 201 Å². The molecule has 0 fully saturated rings. The number of ether oxygens (including phenoxy) is 1. The molecule has 0 unspecified atom stereocenters. The molecule has 5 aromatic rings. The van der Waals surface area contributed by atoms with Crippen molar-refractivity contribution < 1.29 is 13.9 Å². The standard InChI is InChI=1S/C27H22ClN3O3/c1-18-14-26(30-31(18)16-19-6-9-22(28)10-7-19)29-27(32)25-13-12-24(34-25)17-33-23-11-8-20-4-2-3-5-21(20)15-23/h2-15H,16-17H2,1H3,(H,29,30,32). The summed E-state index contributed by atoms with van der Waals surface area (Å²) in [7, 11) is 0. The number of hydrogen-bond acceptors (Lipinski definition) is 4. The van der Waals surface area contributed by atoms with Crippen molar-refractivity contribution in [3.63, 3.8) is 0 Å². The summed E-state index contributed by atoms with van der Waals surface area (Å²) in [5, 5.41) is 10.2. The molecule has 0 saturated heterocycles. The summed E-state index contributed by atoms with van der Waals surface area (Å²) in [6, 6.07) is 26.8. The highest BCUT2D eigenvalue weighted by Gasteiger charge is 2.14. The number of aromatic nitrogens is 2. The van der Waals surface area contributed by atoms with Gasteiger partial charge in [-0.25, -0.2) is 0 Å².